The summed E-state index contributed by atoms with van der Waals surface area (Å²) in [6.07, 6.45) is 0.623. The summed E-state index contributed by atoms with van der Waals surface area (Å²) >= 11 is 3.61. The summed E-state index contributed by atoms with van der Waals surface area (Å²) in [6.45, 7) is 13.6. The fraction of sp³-hybridized carbons (Fsp3) is 0.870. The van der Waals surface area contributed by atoms with Crippen LogP contribution in [0.2, 0.25) is 0 Å². The van der Waals surface area contributed by atoms with E-state index in [2.05, 4.69) is 42.0 Å². The van der Waals surface area contributed by atoms with Gasteiger partial charge in [-0.25, -0.2) is 0 Å². The first-order valence-corrected chi connectivity index (χ1v) is 12.3. The first-order chi connectivity index (χ1) is 14.7. The number of fused-ring (bicyclic) bond motifs is 1. The van der Waals surface area contributed by atoms with Crippen LogP contribution in [0.5, 0.6) is 0 Å². The van der Waals surface area contributed by atoms with Gasteiger partial charge < -0.3 is 24.8 Å². The zero-order chi connectivity index (χ0) is 24.2. The molecule has 2 N–H and O–H groups in total. The Bertz CT molecular complexity index is 781. The van der Waals surface area contributed by atoms with Gasteiger partial charge in [0.15, 0.2) is 0 Å². The minimum absolute atomic E-state index is 0.0144. The van der Waals surface area contributed by atoms with Crippen molar-refractivity contribution >= 4 is 33.7 Å². The number of ether oxygens (including phenoxy) is 2. The number of nitrogens with zero attached hydrogens (tertiary/aromatic N) is 1. The van der Waals surface area contributed by atoms with Gasteiger partial charge >= 0.3 is 5.97 Å². The third-order valence-corrected chi connectivity index (χ3v) is 7.55. The van der Waals surface area contributed by atoms with Gasteiger partial charge in [-0.3, -0.25) is 14.4 Å². The lowest BCUT2D eigenvalue weighted by Gasteiger charge is -2.39. The van der Waals surface area contributed by atoms with Crippen LogP contribution >= 0.6 is 15.9 Å². The highest BCUT2D eigenvalue weighted by atomic mass is 79.9. The number of hydrogen-bond donors (Lipinski definition) is 2. The second-order valence-corrected chi connectivity index (χ2v) is 12.5. The average Bonchev–Trinajstić information content (AvgIpc) is 3.22. The van der Waals surface area contributed by atoms with Crippen molar-refractivity contribution in [2.45, 2.75) is 95.5 Å². The average molecular weight is 517 g/mol. The smallest absolute Gasteiger partial charge is 0.312 e. The first kappa shape index (κ1) is 25.4. The van der Waals surface area contributed by atoms with Crippen molar-refractivity contribution in [1.82, 2.24) is 10.2 Å². The molecule has 3 aliphatic rings. The molecule has 1 spiro atoms. The number of aliphatic hydroxyl groups excluding tert-OH is 1. The van der Waals surface area contributed by atoms with E-state index < -0.39 is 47.1 Å². The number of likely N-dealkylation sites (tertiary alicyclic amines) is 1. The Labute approximate surface area is 198 Å². The summed E-state index contributed by atoms with van der Waals surface area (Å²) in [7, 11) is 0. The fourth-order valence-corrected chi connectivity index (χ4v) is 7.15. The Hall–Kier alpha value is -1.19. The molecule has 182 valence electrons. The molecule has 2 amide bonds. The van der Waals surface area contributed by atoms with Gasteiger partial charge in [-0.1, -0.05) is 36.7 Å². The zero-order valence-corrected chi connectivity index (χ0v) is 21.7. The molecule has 0 aromatic rings. The number of alkyl halides is 1. The molecule has 8 nitrogen and oxygen atoms in total. The Morgan fingerprint density at radius 1 is 1.34 bits per heavy atom. The number of aliphatic hydroxyl groups is 1. The van der Waals surface area contributed by atoms with Crippen LogP contribution in [-0.2, 0) is 23.9 Å². The Balaban J connectivity index is 2.01. The van der Waals surface area contributed by atoms with Crippen molar-refractivity contribution in [2.75, 3.05) is 13.2 Å². The number of rotatable bonds is 7. The molecule has 0 radical (unpaired) electrons. The van der Waals surface area contributed by atoms with E-state index >= 15 is 0 Å². The van der Waals surface area contributed by atoms with Crippen molar-refractivity contribution < 1.29 is 29.0 Å². The van der Waals surface area contributed by atoms with E-state index in [0.717, 1.165) is 6.42 Å². The second-order valence-electron chi connectivity index (χ2n) is 11.3. The van der Waals surface area contributed by atoms with Crippen molar-refractivity contribution in [3.63, 3.8) is 0 Å². The molecule has 7 atom stereocenters. The van der Waals surface area contributed by atoms with Gasteiger partial charge in [0.2, 0.25) is 11.8 Å². The SMILES string of the molecule is CCOC(=O)[C@H]1[C@@H]2O[C@@]3(CC2Br)[C@@H]1C(=O)N([C@H](C)CO)[C@@H]3C(=O)NC(C)(C)CC(C)(C)C. The van der Waals surface area contributed by atoms with Gasteiger partial charge in [0, 0.05) is 10.4 Å². The molecule has 3 aliphatic heterocycles. The van der Waals surface area contributed by atoms with Crippen LogP contribution in [0.4, 0.5) is 0 Å². The molecule has 3 rings (SSSR count). The predicted molar refractivity (Wildman–Crippen MR) is 122 cm³/mol. The number of carbonyl (C=O) groups is 3. The van der Waals surface area contributed by atoms with Gasteiger partial charge in [0.25, 0.3) is 0 Å². The summed E-state index contributed by atoms with van der Waals surface area (Å²) in [5, 5.41) is 13.0. The lowest BCUT2D eigenvalue weighted by Crippen LogP contribution is -2.61. The monoisotopic (exact) mass is 516 g/mol. The summed E-state index contributed by atoms with van der Waals surface area (Å²) in [6, 6.07) is -1.53. The van der Waals surface area contributed by atoms with Crippen LogP contribution in [0.15, 0.2) is 0 Å². The van der Waals surface area contributed by atoms with Crippen molar-refractivity contribution in [3.8, 4) is 0 Å². The van der Waals surface area contributed by atoms with Crippen LogP contribution in [0.1, 0.15) is 61.3 Å². The molecule has 0 aromatic heterocycles. The molecule has 0 aromatic carbocycles. The molecular weight excluding hydrogens is 480 g/mol. The molecule has 32 heavy (non-hydrogen) atoms. The van der Waals surface area contributed by atoms with E-state index in [-0.39, 0.29) is 35.3 Å². The third kappa shape index (κ3) is 4.20. The number of amides is 2. The maximum absolute atomic E-state index is 13.8. The van der Waals surface area contributed by atoms with E-state index in [1.54, 1.807) is 13.8 Å². The number of esters is 1. The number of carbonyl (C=O) groups excluding carboxylic acids is 3. The molecule has 3 heterocycles. The van der Waals surface area contributed by atoms with Gasteiger partial charge in [-0.05, 0) is 46.0 Å². The van der Waals surface area contributed by atoms with Gasteiger partial charge in [-0.15, -0.1) is 0 Å². The van der Waals surface area contributed by atoms with Crippen LogP contribution in [-0.4, -0.2) is 75.2 Å². The normalized spacial score (nSPS) is 35.1. The van der Waals surface area contributed by atoms with E-state index in [1.807, 2.05) is 13.8 Å². The molecule has 0 aliphatic carbocycles. The summed E-state index contributed by atoms with van der Waals surface area (Å²) in [4.78, 5) is 41.5. The van der Waals surface area contributed by atoms with E-state index in [4.69, 9.17) is 9.47 Å². The van der Waals surface area contributed by atoms with Crippen molar-refractivity contribution in [2.24, 2.45) is 17.3 Å². The summed E-state index contributed by atoms with van der Waals surface area (Å²) < 4.78 is 11.6. The standard InChI is InChI=1S/C23H37BrN2O6/c1-8-31-20(30)14-15-19(29)26(12(2)10-27)17(23(15)9-13(24)16(14)32-23)18(28)25-22(6,7)11-21(3,4)5/h12-17,27H,8-11H2,1-7H3,(H,25,28)/t12-,13?,14-,15+,16-,17-,23+/m1/s1. The maximum Gasteiger partial charge on any atom is 0.312 e. The second kappa shape index (κ2) is 8.55. The molecular formula is C23H37BrN2O6. The van der Waals surface area contributed by atoms with Gasteiger partial charge in [0.1, 0.15) is 11.6 Å². The molecule has 9 heteroatoms. The molecule has 3 fully saturated rings. The Morgan fingerprint density at radius 2 is 1.97 bits per heavy atom. The molecule has 1 unspecified atom stereocenters. The third-order valence-electron chi connectivity index (χ3n) is 6.71. The minimum Gasteiger partial charge on any atom is -0.466 e. The van der Waals surface area contributed by atoms with E-state index in [9.17, 15) is 19.5 Å². The lowest BCUT2D eigenvalue weighted by atomic mass is 9.70. The maximum atomic E-state index is 13.8. The van der Waals surface area contributed by atoms with Gasteiger partial charge in [0.05, 0.1) is 37.2 Å². The molecule has 3 saturated heterocycles. The number of halogens is 1. The summed E-state index contributed by atoms with van der Waals surface area (Å²) in [5.41, 5.74) is -1.68. The fourth-order valence-electron chi connectivity index (χ4n) is 6.21. The van der Waals surface area contributed by atoms with Crippen molar-refractivity contribution in [3.05, 3.63) is 0 Å². The highest BCUT2D eigenvalue weighted by molar-refractivity contribution is 9.09. The van der Waals surface area contributed by atoms with Gasteiger partial charge in [-0.2, -0.15) is 0 Å². The minimum atomic E-state index is -1.14. The predicted octanol–water partition coefficient (Wildman–Crippen LogP) is 2.01. The summed E-state index contributed by atoms with van der Waals surface area (Å²) in [5.74, 6) is -2.72. The molecule has 2 bridgehead atoms. The van der Waals surface area contributed by atoms with E-state index in [0.29, 0.717) is 6.42 Å². The van der Waals surface area contributed by atoms with E-state index in [1.165, 1.54) is 4.90 Å². The number of hydrogen-bond acceptors (Lipinski definition) is 6. The Morgan fingerprint density at radius 3 is 2.50 bits per heavy atom. The largest absolute Gasteiger partial charge is 0.466 e. The first-order valence-electron chi connectivity index (χ1n) is 11.4. The van der Waals surface area contributed by atoms with Crippen LogP contribution in [0.3, 0.4) is 0 Å². The zero-order valence-electron chi connectivity index (χ0n) is 20.1. The highest BCUT2D eigenvalue weighted by Crippen LogP contribution is 2.60. The van der Waals surface area contributed by atoms with Crippen molar-refractivity contribution in [1.29, 1.82) is 0 Å². The topological polar surface area (TPSA) is 105 Å². The quantitative estimate of drug-likeness (QED) is 0.396. The van der Waals surface area contributed by atoms with Crippen LogP contribution in [0, 0.1) is 17.3 Å². The van der Waals surface area contributed by atoms with Crippen LogP contribution < -0.4 is 5.32 Å². The molecule has 0 saturated carbocycles. The lowest BCUT2D eigenvalue weighted by molar-refractivity contribution is -0.155. The highest BCUT2D eigenvalue weighted by Gasteiger charge is 2.77. The van der Waals surface area contributed by atoms with Crippen LogP contribution in [0.25, 0.3) is 0 Å². The number of nitrogens with one attached hydrogen (secondary N) is 1. The Kier molecular flexibility index (Phi) is 6.79.